The number of methoxy groups -OCH3 is 1. The Morgan fingerprint density at radius 3 is 2.85 bits per heavy atom. The summed E-state index contributed by atoms with van der Waals surface area (Å²) >= 11 is 0. The van der Waals surface area contributed by atoms with Crippen molar-refractivity contribution in [2.75, 3.05) is 31.7 Å². The first-order valence-electron chi connectivity index (χ1n) is 8.81. The Labute approximate surface area is 156 Å². The number of carbonyl (C=O) groups is 2. The molecule has 4 rings (SSSR count). The smallest absolute Gasteiger partial charge is 0.257 e. The number of likely N-dealkylation sites (tertiary alicyclic amines) is 1. The van der Waals surface area contributed by atoms with Gasteiger partial charge in [-0.2, -0.15) is 0 Å². The Balaban J connectivity index is 1.69. The third-order valence-electron chi connectivity index (χ3n) is 4.85. The Morgan fingerprint density at radius 2 is 2.07 bits per heavy atom. The average molecular weight is 368 g/mol. The van der Waals surface area contributed by atoms with E-state index in [1.165, 1.54) is 18.7 Å². The molecular formula is C19H20N4O4. The van der Waals surface area contributed by atoms with E-state index in [0.29, 0.717) is 43.1 Å². The molecule has 2 atom stereocenters. The molecule has 0 N–H and O–H groups in total. The van der Waals surface area contributed by atoms with E-state index in [-0.39, 0.29) is 17.9 Å². The summed E-state index contributed by atoms with van der Waals surface area (Å²) in [7, 11) is 1.59. The van der Waals surface area contributed by atoms with Gasteiger partial charge in [0, 0.05) is 32.5 Å². The fourth-order valence-electron chi connectivity index (χ4n) is 3.59. The number of carbonyl (C=O) groups excluding carboxylic acids is 2. The molecule has 0 aliphatic carbocycles. The van der Waals surface area contributed by atoms with Crippen LogP contribution < -0.4 is 9.64 Å². The maximum Gasteiger partial charge on any atom is 0.257 e. The molecule has 1 saturated heterocycles. The number of hydrogen-bond donors (Lipinski definition) is 0. The third kappa shape index (κ3) is 3.23. The van der Waals surface area contributed by atoms with Gasteiger partial charge in [0.05, 0.1) is 24.4 Å². The normalized spacial score (nSPS) is 21.3. The molecule has 0 radical (unpaired) electrons. The van der Waals surface area contributed by atoms with Crippen LogP contribution in [-0.4, -0.2) is 65.6 Å². The van der Waals surface area contributed by atoms with E-state index in [1.54, 1.807) is 16.9 Å². The summed E-state index contributed by atoms with van der Waals surface area (Å²) in [5.41, 5.74) is 1.06. The van der Waals surface area contributed by atoms with E-state index < -0.39 is 6.04 Å². The van der Waals surface area contributed by atoms with Gasteiger partial charge in [-0.15, -0.1) is 0 Å². The SMILES string of the molecule is COCCN1C(=O)C2CC(CN2C(=O)c2cncnc2)Oc2ccccc21. The minimum atomic E-state index is -0.590. The lowest BCUT2D eigenvalue weighted by atomic mass is 10.1. The van der Waals surface area contributed by atoms with Crippen LogP contribution in [-0.2, 0) is 9.53 Å². The zero-order valence-electron chi connectivity index (χ0n) is 14.9. The monoisotopic (exact) mass is 368 g/mol. The Morgan fingerprint density at radius 1 is 1.30 bits per heavy atom. The van der Waals surface area contributed by atoms with Gasteiger partial charge in [0.2, 0.25) is 5.91 Å². The van der Waals surface area contributed by atoms with Crippen molar-refractivity contribution < 1.29 is 19.1 Å². The fourth-order valence-corrected chi connectivity index (χ4v) is 3.59. The Kier molecular flexibility index (Phi) is 4.72. The molecule has 1 fully saturated rings. The highest BCUT2D eigenvalue weighted by molar-refractivity contribution is 6.03. The molecule has 27 heavy (non-hydrogen) atoms. The van der Waals surface area contributed by atoms with Crippen LogP contribution in [0.25, 0.3) is 0 Å². The first kappa shape index (κ1) is 17.4. The van der Waals surface area contributed by atoms with Crippen LogP contribution in [0.1, 0.15) is 16.8 Å². The predicted octanol–water partition coefficient (Wildman–Crippen LogP) is 1.13. The van der Waals surface area contributed by atoms with Gasteiger partial charge < -0.3 is 19.3 Å². The van der Waals surface area contributed by atoms with E-state index in [4.69, 9.17) is 9.47 Å². The highest BCUT2D eigenvalue weighted by Crippen LogP contribution is 2.36. The van der Waals surface area contributed by atoms with Crippen LogP contribution >= 0.6 is 0 Å². The van der Waals surface area contributed by atoms with Gasteiger partial charge in [0.15, 0.2) is 0 Å². The number of para-hydroxylation sites is 2. The maximum atomic E-state index is 13.4. The molecule has 2 aliphatic rings. The van der Waals surface area contributed by atoms with Gasteiger partial charge in [0.25, 0.3) is 5.91 Å². The van der Waals surface area contributed by atoms with Gasteiger partial charge in [-0.25, -0.2) is 9.97 Å². The molecule has 2 aliphatic heterocycles. The van der Waals surface area contributed by atoms with E-state index in [9.17, 15) is 9.59 Å². The van der Waals surface area contributed by atoms with Crippen molar-refractivity contribution in [3.05, 3.63) is 48.5 Å². The number of anilines is 1. The van der Waals surface area contributed by atoms with Gasteiger partial charge in [-0.05, 0) is 12.1 Å². The molecule has 0 saturated carbocycles. The minimum absolute atomic E-state index is 0.129. The highest BCUT2D eigenvalue weighted by atomic mass is 16.5. The quantitative estimate of drug-likeness (QED) is 0.804. The molecule has 3 heterocycles. The van der Waals surface area contributed by atoms with Crippen LogP contribution in [0.15, 0.2) is 43.0 Å². The number of fused-ring (bicyclic) bond motifs is 3. The van der Waals surface area contributed by atoms with Crippen LogP contribution in [0.2, 0.25) is 0 Å². The molecular weight excluding hydrogens is 348 g/mol. The lowest BCUT2D eigenvalue weighted by Crippen LogP contribution is -2.49. The molecule has 1 aromatic heterocycles. The number of hydrogen-bond acceptors (Lipinski definition) is 6. The second kappa shape index (κ2) is 7.32. The average Bonchev–Trinajstić information content (AvgIpc) is 3.13. The molecule has 8 heteroatoms. The summed E-state index contributed by atoms with van der Waals surface area (Å²) in [6.45, 7) is 1.11. The van der Waals surface area contributed by atoms with E-state index in [1.807, 2.05) is 24.3 Å². The van der Waals surface area contributed by atoms with E-state index >= 15 is 0 Å². The summed E-state index contributed by atoms with van der Waals surface area (Å²) in [6.07, 6.45) is 4.51. The molecule has 2 bridgehead atoms. The molecule has 2 amide bonds. The number of amides is 2. The van der Waals surface area contributed by atoms with Crippen molar-refractivity contribution in [3.8, 4) is 5.75 Å². The van der Waals surface area contributed by atoms with E-state index in [2.05, 4.69) is 9.97 Å². The summed E-state index contributed by atoms with van der Waals surface area (Å²) in [5.74, 6) is 0.246. The maximum absolute atomic E-state index is 13.4. The first-order valence-corrected chi connectivity index (χ1v) is 8.81. The number of benzene rings is 1. The standard InChI is InChI=1S/C19H20N4O4/c1-26-7-6-22-15-4-2-3-5-17(15)27-14-8-16(19(22)25)23(11-14)18(24)13-9-20-12-21-10-13/h2-5,9-10,12,14,16H,6-8,11H2,1H3. The van der Waals surface area contributed by atoms with Crippen LogP contribution in [0.3, 0.4) is 0 Å². The van der Waals surface area contributed by atoms with Crippen molar-refractivity contribution >= 4 is 17.5 Å². The van der Waals surface area contributed by atoms with Gasteiger partial charge in [-0.1, -0.05) is 12.1 Å². The van der Waals surface area contributed by atoms with Crippen molar-refractivity contribution in [1.82, 2.24) is 14.9 Å². The largest absolute Gasteiger partial charge is 0.486 e. The topological polar surface area (TPSA) is 84.9 Å². The zero-order chi connectivity index (χ0) is 18.8. The Hall–Kier alpha value is -3.00. The van der Waals surface area contributed by atoms with Crippen molar-refractivity contribution in [3.63, 3.8) is 0 Å². The number of nitrogens with zero attached hydrogens (tertiary/aromatic N) is 4. The fraction of sp³-hybridized carbons (Fsp3) is 0.368. The Bertz CT molecular complexity index is 845. The van der Waals surface area contributed by atoms with Crippen molar-refractivity contribution in [2.24, 2.45) is 0 Å². The third-order valence-corrected chi connectivity index (χ3v) is 4.85. The molecule has 2 aromatic rings. The molecule has 0 spiro atoms. The number of aromatic nitrogens is 2. The zero-order valence-corrected chi connectivity index (χ0v) is 14.9. The van der Waals surface area contributed by atoms with Gasteiger partial charge >= 0.3 is 0 Å². The lowest BCUT2D eigenvalue weighted by Gasteiger charge is -2.31. The van der Waals surface area contributed by atoms with Gasteiger partial charge in [-0.3, -0.25) is 9.59 Å². The second-order valence-electron chi connectivity index (χ2n) is 6.53. The molecule has 1 aromatic carbocycles. The minimum Gasteiger partial charge on any atom is -0.486 e. The van der Waals surface area contributed by atoms with Crippen LogP contribution in [0.5, 0.6) is 5.75 Å². The highest BCUT2D eigenvalue weighted by Gasteiger charge is 2.45. The second-order valence-corrected chi connectivity index (χ2v) is 6.53. The van der Waals surface area contributed by atoms with E-state index in [0.717, 1.165) is 0 Å². The molecule has 8 nitrogen and oxygen atoms in total. The van der Waals surface area contributed by atoms with Crippen molar-refractivity contribution in [1.29, 1.82) is 0 Å². The summed E-state index contributed by atoms with van der Waals surface area (Å²) in [6, 6.07) is 6.84. The van der Waals surface area contributed by atoms with Crippen molar-refractivity contribution in [2.45, 2.75) is 18.6 Å². The summed E-state index contributed by atoms with van der Waals surface area (Å²) < 4.78 is 11.3. The van der Waals surface area contributed by atoms with Crippen LogP contribution in [0.4, 0.5) is 5.69 Å². The van der Waals surface area contributed by atoms with Gasteiger partial charge in [0.1, 0.15) is 24.2 Å². The van der Waals surface area contributed by atoms with Crippen LogP contribution in [0, 0.1) is 0 Å². The summed E-state index contributed by atoms with van der Waals surface area (Å²) in [4.78, 5) is 37.3. The number of ether oxygens (including phenoxy) is 2. The first-order chi connectivity index (χ1) is 13.2. The number of rotatable bonds is 4. The predicted molar refractivity (Wildman–Crippen MR) is 96.6 cm³/mol. The molecule has 140 valence electrons. The summed E-state index contributed by atoms with van der Waals surface area (Å²) in [5, 5.41) is 0. The molecule has 2 unspecified atom stereocenters. The lowest BCUT2D eigenvalue weighted by molar-refractivity contribution is -0.122.